The second-order valence-corrected chi connectivity index (χ2v) is 8.28. The van der Waals surface area contributed by atoms with E-state index >= 15 is 0 Å². The lowest BCUT2D eigenvalue weighted by molar-refractivity contribution is -0.147. The first-order valence-electron chi connectivity index (χ1n) is 9.43. The van der Waals surface area contributed by atoms with E-state index in [1.54, 1.807) is 20.8 Å². The van der Waals surface area contributed by atoms with E-state index in [0.717, 1.165) is 32.1 Å². The maximum Gasteiger partial charge on any atom is 0.408 e. The van der Waals surface area contributed by atoms with Gasteiger partial charge in [-0.05, 0) is 45.4 Å². The van der Waals surface area contributed by atoms with Crippen molar-refractivity contribution in [3.63, 3.8) is 0 Å². The number of ether oxygens (including phenoxy) is 2. The van der Waals surface area contributed by atoms with Gasteiger partial charge in [0.05, 0.1) is 7.11 Å². The van der Waals surface area contributed by atoms with Gasteiger partial charge < -0.3 is 20.1 Å². The second-order valence-electron chi connectivity index (χ2n) is 8.28. The number of nitrogens with one attached hydrogen (secondary N) is 2. The Bertz CT molecular complexity index is 493. The average Bonchev–Trinajstić information content (AvgIpc) is 2.55. The first-order chi connectivity index (χ1) is 12.0. The average molecular weight is 370 g/mol. The van der Waals surface area contributed by atoms with Crippen LogP contribution in [0.15, 0.2) is 0 Å². The van der Waals surface area contributed by atoms with Gasteiger partial charge in [0.25, 0.3) is 0 Å². The highest BCUT2D eigenvalue weighted by Crippen LogP contribution is 2.27. The molecule has 0 radical (unpaired) electrons. The van der Waals surface area contributed by atoms with Crippen molar-refractivity contribution in [2.45, 2.75) is 84.4 Å². The molecule has 1 saturated carbocycles. The van der Waals surface area contributed by atoms with Gasteiger partial charge in [0.1, 0.15) is 17.7 Å². The molecule has 1 fully saturated rings. The van der Waals surface area contributed by atoms with Crippen molar-refractivity contribution in [2.24, 2.45) is 11.8 Å². The fraction of sp³-hybridized carbons (Fsp3) is 0.842. The largest absolute Gasteiger partial charge is 0.467 e. The van der Waals surface area contributed by atoms with Gasteiger partial charge in [-0.15, -0.1) is 0 Å². The number of esters is 1. The van der Waals surface area contributed by atoms with E-state index in [-0.39, 0.29) is 11.8 Å². The molecule has 0 spiro atoms. The quantitative estimate of drug-likeness (QED) is 0.701. The van der Waals surface area contributed by atoms with Crippen LogP contribution in [0, 0.1) is 11.8 Å². The molecule has 0 aromatic carbocycles. The molecule has 1 aliphatic carbocycles. The molecule has 150 valence electrons. The lowest BCUT2D eigenvalue weighted by Crippen LogP contribution is -2.56. The second kappa shape index (κ2) is 9.78. The fourth-order valence-electron chi connectivity index (χ4n) is 3.18. The molecular formula is C19H34N2O5. The fourth-order valence-corrected chi connectivity index (χ4v) is 3.18. The zero-order chi connectivity index (χ0) is 19.9. The van der Waals surface area contributed by atoms with E-state index in [4.69, 9.17) is 9.47 Å². The summed E-state index contributed by atoms with van der Waals surface area (Å²) in [6.07, 6.45) is 4.33. The molecule has 2 N–H and O–H groups in total. The number of carbonyl (C=O) groups excluding carboxylic acids is 3. The van der Waals surface area contributed by atoms with Gasteiger partial charge in [-0.1, -0.05) is 33.1 Å². The monoisotopic (exact) mass is 370 g/mol. The third-order valence-corrected chi connectivity index (χ3v) is 4.50. The van der Waals surface area contributed by atoms with Gasteiger partial charge >= 0.3 is 12.1 Å². The zero-order valence-electron chi connectivity index (χ0n) is 16.9. The Kier molecular flexibility index (Phi) is 8.37. The summed E-state index contributed by atoms with van der Waals surface area (Å²) in [4.78, 5) is 37.0. The Balaban J connectivity index is 2.81. The number of hydrogen-bond acceptors (Lipinski definition) is 5. The number of methoxy groups -OCH3 is 1. The van der Waals surface area contributed by atoms with Crippen LogP contribution in [-0.2, 0) is 19.1 Å². The van der Waals surface area contributed by atoms with Gasteiger partial charge in [-0.3, -0.25) is 4.79 Å². The van der Waals surface area contributed by atoms with E-state index in [1.807, 2.05) is 13.8 Å². The highest BCUT2D eigenvalue weighted by atomic mass is 16.6. The third kappa shape index (κ3) is 7.22. The summed E-state index contributed by atoms with van der Waals surface area (Å²) in [5.41, 5.74) is -0.654. The molecule has 1 aliphatic rings. The van der Waals surface area contributed by atoms with Crippen molar-refractivity contribution >= 4 is 18.0 Å². The van der Waals surface area contributed by atoms with Gasteiger partial charge in [0.15, 0.2) is 0 Å². The van der Waals surface area contributed by atoms with E-state index in [0.29, 0.717) is 0 Å². The first kappa shape index (κ1) is 22.3. The number of amides is 2. The molecule has 7 nitrogen and oxygen atoms in total. The minimum Gasteiger partial charge on any atom is -0.467 e. The van der Waals surface area contributed by atoms with Gasteiger partial charge in [-0.25, -0.2) is 9.59 Å². The van der Waals surface area contributed by atoms with Crippen LogP contribution in [-0.4, -0.2) is 42.8 Å². The van der Waals surface area contributed by atoms with Crippen molar-refractivity contribution in [2.75, 3.05) is 7.11 Å². The Hall–Kier alpha value is -1.79. The Morgan fingerprint density at radius 2 is 1.58 bits per heavy atom. The molecule has 0 aromatic heterocycles. The third-order valence-electron chi connectivity index (χ3n) is 4.50. The Labute approximate surface area is 156 Å². The minimum atomic E-state index is -0.791. The van der Waals surface area contributed by atoms with Crippen molar-refractivity contribution in [1.82, 2.24) is 10.6 Å². The molecule has 2 atom stereocenters. The summed E-state index contributed by atoms with van der Waals surface area (Å²) in [6, 6.07) is -1.48. The van der Waals surface area contributed by atoms with Gasteiger partial charge in [-0.2, -0.15) is 0 Å². The lowest BCUT2D eigenvalue weighted by atomic mass is 9.83. The summed E-state index contributed by atoms with van der Waals surface area (Å²) in [7, 11) is 1.32. The van der Waals surface area contributed by atoms with Crippen molar-refractivity contribution in [3.05, 3.63) is 0 Å². The molecule has 26 heavy (non-hydrogen) atoms. The topological polar surface area (TPSA) is 93.7 Å². The first-order valence-corrected chi connectivity index (χ1v) is 9.43. The van der Waals surface area contributed by atoms with Crippen LogP contribution in [0.3, 0.4) is 0 Å². The van der Waals surface area contributed by atoms with Crippen LogP contribution in [0.2, 0.25) is 0 Å². The number of carbonyl (C=O) groups is 3. The highest BCUT2D eigenvalue weighted by molar-refractivity contribution is 5.90. The summed E-state index contributed by atoms with van der Waals surface area (Å²) in [5.74, 6) is -0.932. The Morgan fingerprint density at radius 1 is 1.00 bits per heavy atom. The van der Waals surface area contributed by atoms with Gasteiger partial charge in [0.2, 0.25) is 5.91 Å². The molecule has 2 amide bonds. The molecule has 7 heteroatoms. The molecule has 0 unspecified atom stereocenters. The molecular weight excluding hydrogens is 336 g/mol. The SMILES string of the molecule is COC(=O)[C@@H](NC(=O)[C@@H](NC(=O)OC(C)(C)C)C(C)C)C1CCCCC1. The van der Waals surface area contributed by atoms with Crippen LogP contribution >= 0.6 is 0 Å². The van der Waals surface area contributed by atoms with Crippen LogP contribution in [0.25, 0.3) is 0 Å². The van der Waals surface area contributed by atoms with E-state index in [1.165, 1.54) is 7.11 Å². The van der Waals surface area contributed by atoms with E-state index in [2.05, 4.69) is 10.6 Å². The molecule has 0 bridgehead atoms. The Morgan fingerprint density at radius 3 is 2.04 bits per heavy atom. The number of hydrogen-bond donors (Lipinski definition) is 2. The van der Waals surface area contributed by atoms with Crippen LogP contribution in [0.5, 0.6) is 0 Å². The normalized spacial score (nSPS) is 18.0. The molecule has 0 aromatic rings. The molecule has 0 aliphatic heterocycles. The zero-order valence-corrected chi connectivity index (χ0v) is 16.9. The molecule has 1 rings (SSSR count). The predicted molar refractivity (Wildman–Crippen MR) is 98.5 cm³/mol. The number of rotatable bonds is 6. The van der Waals surface area contributed by atoms with E-state index < -0.39 is 35.7 Å². The minimum absolute atomic E-state index is 0.0643. The molecule has 0 saturated heterocycles. The predicted octanol–water partition coefficient (Wildman–Crippen LogP) is 2.77. The highest BCUT2D eigenvalue weighted by Gasteiger charge is 2.35. The maximum absolute atomic E-state index is 12.8. The van der Waals surface area contributed by atoms with Gasteiger partial charge in [0, 0.05) is 0 Å². The van der Waals surface area contributed by atoms with Crippen molar-refractivity contribution in [3.8, 4) is 0 Å². The van der Waals surface area contributed by atoms with E-state index in [9.17, 15) is 14.4 Å². The standard InChI is InChI=1S/C19H34N2O5/c1-12(2)14(21-18(24)26-19(3,4)5)16(22)20-15(17(23)25-6)13-10-8-7-9-11-13/h12-15H,7-11H2,1-6H3,(H,20,22)(H,21,24)/t14-,15-/m0/s1. The summed E-state index contributed by atoms with van der Waals surface area (Å²) >= 11 is 0. The van der Waals surface area contributed by atoms with Crippen molar-refractivity contribution < 1.29 is 23.9 Å². The lowest BCUT2D eigenvalue weighted by Gasteiger charge is -2.31. The van der Waals surface area contributed by atoms with Crippen LogP contribution < -0.4 is 10.6 Å². The number of alkyl carbamates (subject to hydrolysis) is 1. The molecule has 0 heterocycles. The summed E-state index contributed by atoms with van der Waals surface area (Å²) in [6.45, 7) is 8.93. The smallest absolute Gasteiger partial charge is 0.408 e. The van der Waals surface area contributed by atoms with Crippen LogP contribution in [0.4, 0.5) is 4.79 Å². The van der Waals surface area contributed by atoms with Crippen LogP contribution in [0.1, 0.15) is 66.7 Å². The maximum atomic E-state index is 12.8. The summed E-state index contributed by atoms with van der Waals surface area (Å²) < 4.78 is 10.1. The summed E-state index contributed by atoms with van der Waals surface area (Å²) in [5, 5.41) is 5.42. The van der Waals surface area contributed by atoms with Crippen molar-refractivity contribution in [1.29, 1.82) is 0 Å².